The Balaban J connectivity index is 2.67. The summed E-state index contributed by atoms with van der Waals surface area (Å²) >= 11 is 0. The predicted molar refractivity (Wildman–Crippen MR) is 63.3 cm³/mol. The molecule has 0 spiro atoms. The highest BCUT2D eigenvalue weighted by molar-refractivity contribution is 5.91. The molecule has 5 heteroatoms. The second kappa shape index (κ2) is 5.55. The van der Waals surface area contributed by atoms with Crippen LogP contribution in [0.15, 0.2) is 12.4 Å². The van der Waals surface area contributed by atoms with Gasteiger partial charge >= 0.3 is 0 Å². The van der Waals surface area contributed by atoms with Crippen LogP contribution < -0.4 is 5.32 Å². The maximum Gasteiger partial charge on any atom is 0.239 e. The van der Waals surface area contributed by atoms with Crippen molar-refractivity contribution in [3.63, 3.8) is 0 Å². The molecule has 1 amide bonds. The molecule has 1 aromatic rings. The Hall–Kier alpha value is -1.49. The van der Waals surface area contributed by atoms with E-state index in [1.807, 2.05) is 27.9 Å². The summed E-state index contributed by atoms with van der Waals surface area (Å²) < 4.78 is 0. The predicted octanol–water partition coefficient (Wildman–Crippen LogP) is 1.10. The molecule has 0 aliphatic carbocycles. The summed E-state index contributed by atoms with van der Waals surface area (Å²) in [4.78, 5) is 21.4. The van der Waals surface area contributed by atoms with Crippen molar-refractivity contribution < 1.29 is 4.79 Å². The van der Waals surface area contributed by atoms with Crippen molar-refractivity contribution in [1.82, 2.24) is 14.9 Å². The number of nitrogens with zero attached hydrogens (tertiary/aromatic N) is 3. The summed E-state index contributed by atoms with van der Waals surface area (Å²) in [6.45, 7) is 4.45. The van der Waals surface area contributed by atoms with Gasteiger partial charge in [-0.1, -0.05) is 13.8 Å². The molecule has 0 saturated heterocycles. The second-order valence-corrected chi connectivity index (χ2v) is 4.27. The van der Waals surface area contributed by atoms with Crippen LogP contribution in [0.5, 0.6) is 0 Å². The van der Waals surface area contributed by atoms with Crippen molar-refractivity contribution in [2.45, 2.75) is 19.8 Å². The molecule has 1 rings (SSSR count). The number of hydrogen-bond acceptors (Lipinski definition) is 4. The first-order valence-corrected chi connectivity index (χ1v) is 5.25. The molecule has 0 bridgehead atoms. The number of likely N-dealkylation sites (N-methyl/N-ethyl adjacent to an activating group) is 1. The van der Waals surface area contributed by atoms with E-state index in [4.69, 9.17) is 0 Å². The lowest BCUT2D eigenvalue weighted by molar-refractivity contribution is -0.116. The SMILES string of the molecule is CC(C)c1cc(NC(=O)CN(C)C)ncn1. The normalized spacial score (nSPS) is 10.9. The largest absolute Gasteiger partial charge is 0.309 e. The van der Waals surface area contributed by atoms with Gasteiger partial charge in [0.05, 0.1) is 6.54 Å². The van der Waals surface area contributed by atoms with Gasteiger partial charge in [0.2, 0.25) is 5.91 Å². The van der Waals surface area contributed by atoms with E-state index in [0.717, 1.165) is 5.69 Å². The molecule has 0 aliphatic rings. The quantitative estimate of drug-likeness (QED) is 0.828. The molecule has 16 heavy (non-hydrogen) atoms. The lowest BCUT2D eigenvalue weighted by atomic mass is 10.1. The van der Waals surface area contributed by atoms with E-state index in [1.165, 1.54) is 6.33 Å². The van der Waals surface area contributed by atoms with E-state index in [9.17, 15) is 4.79 Å². The highest BCUT2D eigenvalue weighted by atomic mass is 16.2. The van der Waals surface area contributed by atoms with E-state index in [0.29, 0.717) is 18.3 Å². The van der Waals surface area contributed by atoms with Crippen LogP contribution in [0.2, 0.25) is 0 Å². The zero-order chi connectivity index (χ0) is 12.1. The minimum atomic E-state index is -0.0709. The Morgan fingerprint density at radius 3 is 2.69 bits per heavy atom. The zero-order valence-electron chi connectivity index (χ0n) is 10.2. The summed E-state index contributed by atoms with van der Waals surface area (Å²) in [7, 11) is 3.69. The van der Waals surface area contributed by atoms with Crippen LogP contribution in [0.25, 0.3) is 0 Å². The Morgan fingerprint density at radius 2 is 2.12 bits per heavy atom. The van der Waals surface area contributed by atoms with Gasteiger partial charge in [-0.2, -0.15) is 0 Å². The van der Waals surface area contributed by atoms with E-state index in [-0.39, 0.29) is 5.91 Å². The maximum absolute atomic E-state index is 11.5. The fraction of sp³-hybridized carbons (Fsp3) is 0.545. The number of hydrogen-bond donors (Lipinski definition) is 1. The fourth-order valence-electron chi connectivity index (χ4n) is 1.23. The van der Waals surface area contributed by atoms with Crippen LogP contribution in [0.3, 0.4) is 0 Å². The first kappa shape index (κ1) is 12.6. The Morgan fingerprint density at radius 1 is 1.44 bits per heavy atom. The lowest BCUT2D eigenvalue weighted by Crippen LogP contribution is -2.27. The molecule has 0 radical (unpaired) electrons. The average Bonchev–Trinajstić information content (AvgIpc) is 2.16. The number of rotatable bonds is 4. The molecule has 1 heterocycles. The molecule has 0 unspecified atom stereocenters. The summed E-state index contributed by atoms with van der Waals surface area (Å²) in [5.41, 5.74) is 0.926. The van der Waals surface area contributed by atoms with Crippen LogP contribution >= 0.6 is 0 Å². The van der Waals surface area contributed by atoms with Crippen LogP contribution in [0, 0.1) is 0 Å². The van der Waals surface area contributed by atoms with Crippen molar-refractivity contribution in [1.29, 1.82) is 0 Å². The van der Waals surface area contributed by atoms with Crippen LogP contribution in [-0.2, 0) is 4.79 Å². The number of nitrogens with one attached hydrogen (secondary N) is 1. The number of anilines is 1. The summed E-state index contributed by atoms with van der Waals surface area (Å²) in [5, 5.41) is 2.74. The number of carbonyl (C=O) groups excluding carboxylic acids is 1. The molecule has 1 N–H and O–H groups in total. The standard InChI is InChI=1S/C11H18N4O/c1-8(2)9-5-10(13-7-12-9)14-11(16)6-15(3)4/h5,7-8H,6H2,1-4H3,(H,12,13,14,16). The zero-order valence-corrected chi connectivity index (χ0v) is 10.2. The summed E-state index contributed by atoms with van der Waals surface area (Å²) in [5.74, 6) is 0.816. The van der Waals surface area contributed by atoms with Crippen molar-refractivity contribution in [3.05, 3.63) is 18.1 Å². The van der Waals surface area contributed by atoms with Crippen molar-refractivity contribution in [2.24, 2.45) is 0 Å². The van der Waals surface area contributed by atoms with Crippen molar-refractivity contribution >= 4 is 11.7 Å². The third kappa shape index (κ3) is 3.94. The minimum Gasteiger partial charge on any atom is -0.309 e. The number of amides is 1. The van der Waals surface area contributed by atoms with Gasteiger partial charge < -0.3 is 10.2 Å². The molecule has 0 aliphatic heterocycles. The van der Waals surface area contributed by atoms with E-state index in [1.54, 1.807) is 11.0 Å². The average molecular weight is 222 g/mol. The van der Waals surface area contributed by atoms with Gasteiger partial charge in [-0.05, 0) is 20.0 Å². The highest BCUT2D eigenvalue weighted by Gasteiger charge is 2.07. The summed E-state index contributed by atoms with van der Waals surface area (Å²) in [6.07, 6.45) is 1.47. The van der Waals surface area contributed by atoms with Crippen LogP contribution in [-0.4, -0.2) is 41.4 Å². The van der Waals surface area contributed by atoms with E-state index >= 15 is 0 Å². The minimum absolute atomic E-state index is 0.0709. The van der Waals surface area contributed by atoms with Crippen molar-refractivity contribution in [2.75, 3.05) is 26.0 Å². The van der Waals surface area contributed by atoms with Gasteiger partial charge in [-0.3, -0.25) is 4.79 Å². The van der Waals surface area contributed by atoms with Crippen LogP contribution in [0.4, 0.5) is 5.82 Å². The second-order valence-electron chi connectivity index (χ2n) is 4.27. The molecular formula is C11H18N4O. The molecule has 0 saturated carbocycles. The van der Waals surface area contributed by atoms with Crippen LogP contribution in [0.1, 0.15) is 25.5 Å². The molecule has 0 fully saturated rings. The van der Waals surface area contributed by atoms with E-state index < -0.39 is 0 Å². The number of aromatic nitrogens is 2. The van der Waals surface area contributed by atoms with Gasteiger partial charge in [-0.25, -0.2) is 9.97 Å². The topological polar surface area (TPSA) is 58.1 Å². The molecule has 88 valence electrons. The van der Waals surface area contributed by atoms with Gasteiger partial charge in [-0.15, -0.1) is 0 Å². The first-order valence-electron chi connectivity index (χ1n) is 5.25. The molecular weight excluding hydrogens is 204 g/mol. The Labute approximate surface area is 95.9 Å². The van der Waals surface area contributed by atoms with Gasteiger partial charge in [0.25, 0.3) is 0 Å². The Bertz CT molecular complexity index is 363. The maximum atomic E-state index is 11.5. The molecule has 5 nitrogen and oxygen atoms in total. The smallest absolute Gasteiger partial charge is 0.239 e. The monoisotopic (exact) mass is 222 g/mol. The highest BCUT2D eigenvalue weighted by Crippen LogP contribution is 2.13. The van der Waals surface area contributed by atoms with Gasteiger partial charge in [0, 0.05) is 11.8 Å². The van der Waals surface area contributed by atoms with Crippen molar-refractivity contribution in [3.8, 4) is 0 Å². The van der Waals surface area contributed by atoms with Gasteiger partial charge in [0.15, 0.2) is 0 Å². The molecule has 0 aromatic carbocycles. The Kier molecular flexibility index (Phi) is 4.37. The molecule has 1 aromatic heterocycles. The third-order valence-electron chi connectivity index (χ3n) is 2.01. The lowest BCUT2D eigenvalue weighted by Gasteiger charge is -2.10. The third-order valence-corrected chi connectivity index (χ3v) is 2.01. The van der Waals surface area contributed by atoms with Gasteiger partial charge in [0.1, 0.15) is 12.1 Å². The number of carbonyl (C=O) groups is 1. The molecule has 0 atom stereocenters. The summed E-state index contributed by atoms with van der Waals surface area (Å²) in [6, 6.07) is 1.80. The first-order chi connectivity index (χ1) is 7.49. The van der Waals surface area contributed by atoms with E-state index in [2.05, 4.69) is 15.3 Å². The fourth-order valence-corrected chi connectivity index (χ4v) is 1.23.